The lowest BCUT2D eigenvalue weighted by Crippen LogP contribution is -2.37. The summed E-state index contributed by atoms with van der Waals surface area (Å²) in [7, 11) is -3.71. The minimum Gasteiger partial charge on any atom is -0.480 e. The van der Waals surface area contributed by atoms with E-state index in [4.69, 9.17) is 16.3 Å². The average molecular weight is 334 g/mol. The number of carboxylic acids is 1. The number of carbonyl (C=O) groups is 1. The third-order valence-electron chi connectivity index (χ3n) is 3.23. The Morgan fingerprint density at radius 2 is 2.10 bits per heavy atom. The molecule has 0 radical (unpaired) electrons. The Kier molecular flexibility index (Phi) is 5.21. The van der Waals surface area contributed by atoms with Crippen molar-refractivity contribution < 1.29 is 23.1 Å². The summed E-state index contributed by atoms with van der Waals surface area (Å²) in [6.07, 6.45) is 0.666. The molecular weight excluding hydrogens is 318 g/mol. The number of hydrogen-bond acceptors (Lipinski definition) is 4. The summed E-state index contributed by atoms with van der Waals surface area (Å²) in [6, 6.07) is 4.69. The zero-order valence-corrected chi connectivity index (χ0v) is 12.7. The van der Waals surface area contributed by atoms with Gasteiger partial charge in [-0.3, -0.25) is 4.79 Å². The summed E-state index contributed by atoms with van der Waals surface area (Å²) in [5.74, 6) is -1.49. The van der Waals surface area contributed by atoms with Crippen LogP contribution in [0.5, 0.6) is 0 Å². The molecule has 1 aliphatic rings. The van der Waals surface area contributed by atoms with E-state index in [0.717, 1.165) is 0 Å². The number of carboxylic acid groups (broad SMARTS) is 1. The number of ether oxygens (including phenoxy) is 1. The van der Waals surface area contributed by atoms with Crippen molar-refractivity contribution in [2.75, 3.05) is 19.0 Å². The molecule has 116 valence electrons. The summed E-state index contributed by atoms with van der Waals surface area (Å²) in [5, 5.41) is 9.69. The quantitative estimate of drug-likeness (QED) is 0.821. The van der Waals surface area contributed by atoms with Gasteiger partial charge in [-0.05, 0) is 30.0 Å². The van der Waals surface area contributed by atoms with Crippen molar-refractivity contribution in [1.29, 1.82) is 0 Å². The van der Waals surface area contributed by atoms with Crippen molar-refractivity contribution in [2.45, 2.75) is 12.5 Å². The summed E-state index contributed by atoms with van der Waals surface area (Å²) < 4.78 is 31.5. The summed E-state index contributed by atoms with van der Waals surface area (Å²) in [6.45, 7) is 0.930. The van der Waals surface area contributed by atoms with Gasteiger partial charge in [0.05, 0.1) is 12.4 Å². The van der Waals surface area contributed by atoms with Crippen LogP contribution in [0.3, 0.4) is 0 Å². The van der Waals surface area contributed by atoms with Crippen molar-refractivity contribution >= 4 is 27.6 Å². The molecule has 2 N–H and O–H groups in total. The van der Waals surface area contributed by atoms with Gasteiger partial charge < -0.3 is 9.84 Å². The van der Waals surface area contributed by atoms with E-state index in [1.54, 1.807) is 0 Å². The van der Waals surface area contributed by atoms with E-state index in [2.05, 4.69) is 4.72 Å². The number of benzene rings is 1. The molecular formula is C13H16ClNO5S. The van der Waals surface area contributed by atoms with Gasteiger partial charge in [-0.1, -0.05) is 23.7 Å². The van der Waals surface area contributed by atoms with Crippen molar-refractivity contribution in [3.8, 4) is 0 Å². The normalized spacial score (nSPS) is 20.3. The molecule has 0 spiro atoms. The molecule has 6 nitrogen and oxygen atoms in total. The molecule has 8 heteroatoms. The first-order valence-electron chi connectivity index (χ1n) is 6.43. The Labute approximate surface area is 128 Å². The first-order valence-corrected chi connectivity index (χ1v) is 8.46. The molecule has 1 aromatic carbocycles. The van der Waals surface area contributed by atoms with Crippen LogP contribution in [0.25, 0.3) is 0 Å². The van der Waals surface area contributed by atoms with Crippen LogP contribution in [0.1, 0.15) is 18.0 Å². The van der Waals surface area contributed by atoms with Crippen LogP contribution in [0.2, 0.25) is 5.02 Å². The minimum absolute atomic E-state index is 0.0952. The van der Waals surface area contributed by atoms with E-state index >= 15 is 0 Å². The van der Waals surface area contributed by atoms with Crippen LogP contribution < -0.4 is 4.72 Å². The monoisotopic (exact) mass is 333 g/mol. The highest BCUT2D eigenvalue weighted by Crippen LogP contribution is 2.20. The van der Waals surface area contributed by atoms with Crippen molar-refractivity contribution in [3.63, 3.8) is 0 Å². The Hall–Kier alpha value is -1.15. The molecule has 0 amide bonds. The van der Waals surface area contributed by atoms with Gasteiger partial charge in [-0.15, -0.1) is 0 Å². The second-order valence-electron chi connectivity index (χ2n) is 4.95. The Morgan fingerprint density at radius 1 is 1.43 bits per heavy atom. The zero-order chi connectivity index (χ0) is 15.5. The predicted molar refractivity (Wildman–Crippen MR) is 77.7 cm³/mol. The molecule has 2 atom stereocenters. The smallest absolute Gasteiger partial charge is 0.326 e. The van der Waals surface area contributed by atoms with Crippen LogP contribution in [0, 0.1) is 5.92 Å². The van der Waals surface area contributed by atoms with Gasteiger partial charge in [0.2, 0.25) is 10.0 Å². The standard InChI is InChI=1S/C13H16ClNO5S/c14-11-3-1-10(2-4-11)12(13(16)17)15-21(18,19)8-9-5-6-20-7-9/h1-4,9,12,15H,5-8H2,(H,16,17). The highest BCUT2D eigenvalue weighted by atomic mass is 35.5. The molecule has 1 saturated heterocycles. The SMILES string of the molecule is O=C(O)C(NS(=O)(=O)CC1CCOC1)c1ccc(Cl)cc1. The lowest BCUT2D eigenvalue weighted by Gasteiger charge is -2.16. The molecule has 0 saturated carbocycles. The topological polar surface area (TPSA) is 92.7 Å². The van der Waals surface area contributed by atoms with Gasteiger partial charge in [0.15, 0.2) is 0 Å². The zero-order valence-electron chi connectivity index (χ0n) is 11.2. The van der Waals surface area contributed by atoms with Gasteiger partial charge in [0, 0.05) is 11.6 Å². The lowest BCUT2D eigenvalue weighted by molar-refractivity contribution is -0.139. The molecule has 1 aromatic rings. The maximum Gasteiger partial charge on any atom is 0.326 e. The first-order chi connectivity index (χ1) is 9.87. The summed E-state index contributed by atoms with van der Waals surface area (Å²) in [5.41, 5.74) is 0.332. The maximum atomic E-state index is 12.1. The number of aliphatic carboxylic acids is 1. The third-order valence-corrected chi connectivity index (χ3v) is 4.98. The van der Waals surface area contributed by atoms with Gasteiger partial charge in [-0.2, -0.15) is 4.72 Å². The highest BCUT2D eigenvalue weighted by molar-refractivity contribution is 7.89. The molecule has 2 rings (SSSR count). The van der Waals surface area contributed by atoms with Gasteiger partial charge in [-0.25, -0.2) is 8.42 Å². The van der Waals surface area contributed by atoms with Crippen LogP contribution in [0.4, 0.5) is 0 Å². The fourth-order valence-corrected chi connectivity index (χ4v) is 3.87. The highest BCUT2D eigenvalue weighted by Gasteiger charge is 2.29. The molecule has 2 unspecified atom stereocenters. The van der Waals surface area contributed by atoms with Crippen LogP contribution in [0.15, 0.2) is 24.3 Å². The van der Waals surface area contributed by atoms with Crippen molar-refractivity contribution in [3.05, 3.63) is 34.9 Å². The molecule has 1 heterocycles. The molecule has 0 bridgehead atoms. The molecule has 21 heavy (non-hydrogen) atoms. The van der Waals surface area contributed by atoms with Crippen molar-refractivity contribution in [2.24, 2.45) is 5.92 Å². The van der Waals surface area contributed by atoms with Crippen LogP contribution in [-0.4, -0.2) is 38.5 Å². The van der Waals surface area contributed by atoms with Gasteiger partial charge >= 0.3 is 5.97 Å². The predicted octanol–water partition coefficient (Wildman–Crippen LogP) is 1.42. The number of rotatable bonds is 6. The number of sulfonamides is 1. The van der Waals surface area contributed by atoms with Crippen molar-refractivity contribution in [1.82, 2.24) is 4.72 Å². The van der Waals surface area contributed by atoms with E-state index in [1.165, 1.54) is 24.3 Å². The van der Waals surface area contributed by atoms with E-state index in [0.29, 0.717) is 30.2 Å². The molecule has 0 aliphatic carbocycles. The maximum absolute atomic E-state index is 12.1. The Balaban J connectivity index is 2.11. The Morgan fingerprint density at radius 3 is 2.62 bits per heavy atom. The van der Waals surface area contributed by atoms with Crippen LogP contribution in [-0.2, 0) is 19.6 Å². The first kappa shape index (κ1) is 16.2. The molecule has 1 fully saturated rings. The van der Waals surface area contributed by atoms with Gasteiger partial charge in [0.25, 0.3) is 0 Å². The molecule has 0 aromatic heterocycles. The minimum atomic E-state index is -3.71. The summed E-state index contributed by atoms with van der Waals surface area (Å²) in [4.78, 5) is 11.3. The number of halogens is 1. The van der Waals surface area contributed by atoms with Gasteiger partial charge in [0.1, 0.15) is 6.04 Å². The second-order valence-corrected chi connectivity index (χ2v) is 7.19. The van der Waals surface area contributed by atoms with E-state index in [-0.39, 0.29) is 11.7 Å². The second kappa shape index (κ2) is 6.74. The fourth-order valence-electron chi connectivity index (χ4n) is 2.17. The van der Waals surface area contributed by atoms with E-state index in [1.807, 2.05) is 0 Å². The Bertz CT molecular complexity index is 595. The fraction of sp³-hybridized carbons (Fsp3) is 0.462. The van der Waals surface area contributed by atoms with E-state index in [9.17, 15) is 18.3 Å². The number of hydrogen-bond donors (Lipinski definition) is 2. The summed E-state index contributed by atoms with van der Waals surface area (Å²) >= 11 is 5.74. The largest absolute Gasteiger partial charge is 0.480 e. The van der Waals surface area contributed by atoms with Crippen LogP contribution >= 0.6 is 11.6 Å². The number of nitrogens with one attached hydrogen (secondary N) is 1. The lowest BCUT2D eigenvalue weighted by atomic mass is 10.1. The molecule has 1 aliphatic heterocycles. The van der Waals surface area contributed by atoms with E-state index < -0.39 is 22.0 Å². The average Bonchev–Trinajstić information content (AvgIpc) is 2.89. The third kappa shape index (κ3) is 4.67.